The van der Waals surface area contributed by atoms with Gasteiger partial charge in [-0.05, 0) is 72.4 Å². The number of carbonyl (C=O) groups is 3. The van der Waals surface area contributed by atoms with Gasteiger partial charge >= 0.3 is 6.18 Å². The summed E-state index contributed by atoms with van der Waals surface area (Å²) in [5.74, 6) is -0.586. The van der Waals surface area contributed by atoms with E-state index in [-0.39, 0.29) is 47.5 Å². The van der Waals surface area contributed by atoms with Gasteiger partial charge in [0.1, 0.15) is 5.82 Å². The minimum absolute atomic E-state index is 0.0681. The first-order valence-corrected chi connectivity index (χ1v) is 14.8. The van der Waals surface area contributed by atoms with Gasteiger partial charge in [-0.2, -0.15) is 13.2 Å². The fourth-order valence-corrected chi connectivity index (χ4v) is 6.66. The van der Waals surface area contributed by atoms with Crippen molar-refractivity contribution in [1.29, 1.82) is 0 Å². The molecule has 3 aromatic heterocycles. The molecule has 1 aliphatic carbocycles. The average Bonchev–Trinajstić information content (AvgIpc) is 3.75. The molecule has 1 aromatic carbocycles. The number of fused-ring (bicyclic) bond motifs is 1. The van der Waals surface area contributed by atoms with E-state index in [1.54, 1.807) is 29.3 Å². The quantitative estimate of drug-likeness (QED) is 0.247. The smallest absolute Gasteiger partial charge is 0.323 e. The van der Waals surface area contributed by atoms with Gasteiger partial charge in [0.05, 0.1) is 27.1 Å². The number of ketones is 1. The second-order valence-corrected chi connectivity index (χ2v) is 12.1. The summed E-state index contributed by atoms with van der Waals surface area (Å²) in [6.07, 6.45) is 0.316. The Morgan fingerprint density at radius 2 is 1.88 bits per heavy atom. The Balaban J connectivity index is 1.25. The Bertz CT molecular complexity index is 1710. The van der Waals surface area contributed by atoms with Gasteiger partial charge in [0.2, 0.25) is 0 Å². The lowest BCUT2D eigenvalue weighted by atomic mass is 10.00. The van der Waals surface area contributed by atoms with E-state index in [2.05, 4.69) is 15.3 Å². The molecule has 220 valence electrons. The van der Waals surface area contributed by atoms with Crippen molar-refractivity contribution in [2.75, 3.05) is 5.32 Å². The lowest BCUT2D eigenvalue weighted by Gasteiger charge is -2.29. The van der Waals surface area contributed by atoms with E-state index >= 15 is 0 Å². The van der Waals surface area contributed by atoms with E-state index in [9.17, 15) is 27.6 Å². The second kappa shape index (κ2) is 11.5. The van der Waals surface area contributed by atoms with Crippen LogP contribution in [0.4, 0.5) is 19.0 Å². The van der Waals surface area contributed by atoms with Crippen LogP contribution in [-0.4, -0.2) is 38.5 Å². The third-order valence-corrected chi connectivity index (χ3v) is 9.11. The van der Waals surface area contributed by atoms with Crippen molar-refractivity contribution in [2.45, 2.75) is 50.4 Å². The van der Waals surface area contributed by atoms with Crippen LogP contribution in [0.15, 0.2) is 67.0 Å². The molecule has 1 unspecified atom stereocenters. The lowest BCUT2D eigenvalue weighted by molar-refractivity contribution is -0.137. The van der Waals surface area contributed by atoms with Crippen molar-refractivity contribution >= 4 is 46.4 Å². The van der Waals surface area contributed by atoms with Gasteiger partial charge in [-0.3, -0.25) is 19.4 Å². The molecular formula is C31H24ClF3N4O3S. The van der Waals surface area contributed by atoms with Crippen LogP contribution in [0.3, 0.4) is 0 Å². The SMILES string of the molecule is O=C(Nc1ccc(C(F)(F)F)cn1)c1ccc(CN2C(=O)c3sc(C4CC4)cc3CC(=O)C2Cc2ccccn2)cc1Cl. The van der Waals surface area contributed by atoms with Crippen LogP contribution >= 0.6 is 22.9 Å². The Kier molecular flexibility index (Phi) is 7.78. The summed E-state index contributed by atoms with van der Waals surface area (Å²) in [5.41, 5.74) is 1.19. The largest absolute Gasteiger partial charge is 0.417 e. The summed E-state index contributed by atoms with van der Waals surface area (Å²) >= 11 is 7.93. The van der Waals surface area contributed by atoms with Gasteiger partial charge in [-0.1, -0.05) is 23.7 Å². The van der Waals surface area contributed by atoms with Gasteiger partial charge < -0.3 is 10.2 Å². The molecule has 1 N–H and O–H groups in total. The molecule has 4 heterocycles. The lowest BCUT2D eigenvalue weighted by Crippen LogP contribution is -2.44. The molecule has 6 rings (SSSR count). The first-order chi connectivity index (χ1) is 20.6. The van der Waals surface area contributed by atoms with E-state index in [0.29, 0.717) is 28.2 Å². The zero-order valence-electron chi connectivity index (χ0n) is 22.5. The number of Topliss-reactive ketones (excluding diaryl/α,β-unsaturated/α-hetero) is 1. The topological polar surface area (TPSA) is 92.3 Å². The van der Waals surface area contributed by atoms with Crippen molar-refractivity contribution in [2.24, 2.45) is 0 Å². The third kappa shape index (κ3) is 6.33. The fraction of sp³-hybridized carbons (Fsp3) is 0.258. The van der Waals surface area contributed by atoms with Gasteiger partial charge in [-0.25, -0.2) is 4.98 Å². The Morgan fingerprint density at radius 1 is 1.07 bits per heavy atom. The zero-order valence-corrected chi connectivity index (χ0v) is 24.1. The normalized spacial score (nSPS) is 17.0. The maximum atomic E-state index is 14.0. The fourth-order valence-electron chi connectivity index (χ4n) is 5.06. The van der Waals surface area contributed by atoms with Crippen LogP contribution in [0.1, 0.15) is 66.1 Å². The van der Waals surface area contributed by atoms with E-state index in [0.717, 1.165) is 35.4 Å². The highest BCUT2D eigenvalue weighted by Gasteiger charge is 2.38. The monoisotopic (exact) mass is 624 g/mol. The highest BCUT2D eigenvalue weighted by Crippen LogP contribution is 2.45. The van der Waals surface area contributed by atoms with Crippen molar-refractivity contribution in [3.63, 3.8) is 0 Å². The molecule has 4 aromatic rings. The molecule has 1 aliphatic heterocycles. The highest BCUT2D eigenvalue weighted by molar-refractivity contribution is 7.14. The number of nitrogens with zero attached hydrogens (tertiary/aromatic N) is 3. The molecule has 1 saturated carbocycles. The molecule has 1 fully saturated rings. The van der Waals surface area contributed by atoms with Crippen LogP contribution in [0, 0.1) is 0 Å². The molecule has 2 aliphatic rings. The number of hydrogen-bond donors (Lipinski definition) is 1. The maximum Gasteiger partial charge on any atom is 0.417 e. The van der Waals surface area contributed by atoms with E-state index in [4.69, 9.17) is 11.6 Å². The predicted octanol–water partition coefficient (Wildman–Crippen LogP) is 6.72. The first kappa shape index (κ1) is 29.0. The Hall–Kier alpha value is -4.09. The molecule has 0 radical (unpaired) electrons. The van der Waals surface area contributed by atoms with Gasteiger partial charge in [0, 0.05) is 42.4 Å². The van der Waals surface area contributed by atoms with E-state index in [1.807, 2.05) is 18.2 Å². The summed E-state index contributed by atoms with van der Waals surface area (Å²) < 4.78 is 38.5. The van der Waals surface area contributed by atoms with Crippen molar-refractivity contribution in [3.05, 3.63) is 110 Å². The first-order valence-electron chi connectivity index (χ1n) is 13.6. The maximum absolute atomic E-state index is 14.0. The number of benzene rings is 1. The summed E-state index contributed by atoms with van der Waals surface area (Å²) in [6.45, 7) is 0.0697. The van der Waals surface area contributed by atoms with Crippen LogP contribution in [0.5, 0.6) is 0 Å². The summed E-state index contributed by atoms with van der Waals surface area (Å²) in [4.78, 5) is 51.7. The van der Waals surface area contributed by atoms with Gasteiger partial charge in [0.15, 0.2) is 5.78 Å². The summed E-state index contributed by atoms with van der Waals surface area (Å²) in [7, 11) is 0. The van der Waals surface area contributed by atoms with Crippen LogP contribution in [0.25, 0.3) is 0 Å². The molecule has 2 amide bonds. The second-order valence-electron chi connectivity index (χ2n) is 10.6. The van der Waals surface area contributed by atoms with E-state index in [1.165, 1.54) is 17.4 Å². The number of hydrogen-bond acceptors (Lipinski definition) is 6. The number of amides is 2. The van der Waals surface area contributed by atoms with Crippen LogP contribution < -0.4 is 5.32 Å². The summed E-state index contributed by atoms with van der Waals surface area (Å²) in [5, 5.41) is 2.52. The van der Waals surface area contributed by atoms with Crippen molar-refractivity contribution in [1.82, 2.24) is 14.9 Å². The molecule has 1 atom stereocenters. The standard InChI is InChI=1S/C31H24ClF3N4O3S/c32-23-11-17(4-8-22(23)29(41)38-27-9-7-20(15-37-27)31(33,34)35)16-39-24(14-21-3-1-2-10-36-21)25(40)12-19-13-26(18-5-6-18)43-28(19)30(39)42/h1-4,7-11,13,15,18,24H,5-6,12,14,16H2,(H,37,38,41). The Labute approximate surface area is 253 Å². The number of halogens is 4. The molecule has 7 nitrogen and oxygen atoms in total. The number of rotatable bonds is 7. The number of aromatic nitrogens is 2. The zero-order chi connectivity index (χ0) is 30.3. The van der Waals surface area contributed by atoms with Crippen LogP contribution in [-0.2, 0) is 30.4 Å². The average molecular weight is 625 g/mol. The number of pyridine rings is 2. The number of carbonyl (C=O) groups excluding carboxylic acids is 3. The van der Waals surface area contributed by atoms with Crippen molar-refractivity contribution in [3.8, 4) is 0 Å². The molecule has 0 bridgehead atoms. The van der Waals surface area contributed by atoms with Gasteiger partial charge in [0.25, 0.3) is 11.8 Å². The molecule has 43 heavy (non-hydrogen) atoms. The highest BCUT2D eigenvalue weighted by atomic mass is 35.5. The predicted molar refractivity (Wildman–Crippen MR) is 155 cm³/mol. The molecule has 0 saturated heterocycles. The third-order valence-electron chi connectivity index (χ3n) is 7.47. The minimum atomic E-state index is -4.55. The number of anilines is 1. The number of nitrogens with one attached hydrogen (secondary N) is 1. The molecule has 12 heteroatoms. The minimum Gasteiger partial charge on any atom is -0.323 e. The molecule has 0 spiro atoms. The number of thiophene rings is 1. The number of alkyl halides is 3. The van der Waals surface area contributed by atoms with E-state index < -0.39 is 23.7 Å². The Morgan fingerprint density at radius 3 is 2.53 bits per heavy atom. The van der Waals surface area contributed by atoms with Crippen molar-refractivity contribution < 1.29 is 27.6 Å². The molecular weight excluding hydrogens is 601 g/mol. The summed E-state index contributed by atoms with van der Waals surface area (Å²) in [6, 6.07) is 13.2. The van der Waals surface area contributed by atoms with Gasteiger partial charge in [-0.15, -0.1) is 11.3 Å². The van der Waals surface area contributed by atoms with Crippen LogP contribution in [0.2, 0.25) is 5.02 Å².